The second kappa shape index (κ2) is 8.35. The van der Waals surface area contributed by atoms with E-state index in [9.17, 15) is 13.2 Å². The summed E-state index contributed by atoms with van der Waals surface area (Å²) in [5.41, 5.74) is 2.92. The zero-order valence-electron chi connectivity index (χ0n) is 15.7. The lowest BCUT2D eigenvalue weighted by molar-refractivity contribution is -0.116. The molecule has 2 aromatic carbocycles. The van der Waals surface area contributed by atoms with E-state index < -0.39 is 9.84 Å². The van der Waals surface area contributed by atoms with E-state index in [4.69, 9.17) is 4.42 Å². The minimum absolute atomic E-state index is 0.00843. The van der Waals surface area contributed by atoms with Crippen LogP contribution in [-0.2, 0) is 14.6 Å². The number of benzene rings is 2. The Kier molecular flexibility index (Phi) is 5.89. The lowest BCUT2D eigenvalue weighted by Gasteiger charge is -2.04. The second-order valence-electron chi connectivity index (χ2n) is 6.51. The first kappa shape index (κ1) is 19.8. The van der Waals surface area contributed by atoms with Gasteiger partial charge in [0, 0.05) is 12.0 Å². The van der Waals surface area contributed by atoms with E-state index in [0.29, 0.717) is 5.89 Å². The summed E-state index contributed by atoms with van der Waals surface area (Å²) in [7, 11) is -3.40. The van der Waals surface area contributed by atoms with Crippen molar-refractivity contribution in [2.24, 2.45) is 0 Å². The average Bonchev–Trinajstić information content (AvgIpc) is 3.10. The van der Waals surface area contributed by atoms with Gasteiger partial charge < -0.3 is 4.42 Å². The normalized spacial score (nSPS) is 11.4. The number of amides is 1. The molecule has 0 spiro atoms. The summed E-state index contributed by atoms with van der Waals surface area (Å²) in [5.74, 6) is -0.166. The molecule has 0 atom stereocenters. The fraction of sp³-hybridized carbons (Fsp3) is 0.250. The third kappa shape index (κ3) is 4.83. The van der Waals surface area contributed by atoms with Crippen LogP contribution < -0.4 is 5.32 Å². The summed E-state index contributed by atoms with van der Waals surface area (Å²) >= 11 is 0. The molecule has 0 aliphatic carbocycles. The molecule has 0 saturated heterocycles. The van der Waals surface area contributed by atoms with Crippen LogP contribution in [0.3, 0.4) is 0 Å². The minimum atomic E-state index is -3.40. The summed E-state index contributed by atoms with van der Waals surface area (Å²) in [6.45, 7) is 3.94. The first-order valence-electron chi connectivity index (χ1n) is 8.84. The summed E-state index contributed by atoms with van der Waals surface area (Å²) in [5, 5.41) is 10.3. The Morgan fingerprint density at radius 3 is 2.54 bits per heavy atom. The summed E-state index contributed by atoms with van der Waals surface area (Å²) in [6, 6.07) is 14.0. The minimum Gasteiger partial charge on any atom is -0.403 e. The number of hydrogen-bond acceptors (Lipinski definition) is 6. The number of sulfone groups is 1. The Labute approximate surface area is 163 Å². The molecule has 1 amide bonds. The van der Waals surface area contributed by atoms with Crippen molar-refractivity contribution in [1.29, 1.82) is 0 Å². The monoisotopic (exact) mass is 399 g/mol. The van der Waals surface area contributed by atoms with Gasteiger partial charge in [-0.15, -0.1) is 5.10 Å². The summed E-state index contributed by atoms with van der Waals surface area (Å²) in [6.07, 6.45) is 0.231. The summed E-state index contributed by atoms with van der Waals surface area (Å²) < 4.78 is 29.9. The molecule has 8 heteroatoms. The number of nitrogens with one attached hydrogen (secondary N) is 1. The fourth-order valence-electron chi connectivity index (χ4n) is 2.79. The number of anilines is 1. The lowest BCUT2D eigenvalue weighted by Crippen LogP contribution is -2.14. The van der Waals surface area contributed by atoms with Gasteiger partial charge in [0.05, 0.1) is 10.6 Å². The molecule has 3 aromatic rings. The van der Waals surface area contributed by atoms with Gasteiger partial charge in [0.2, 0.25) is 11.8 Å². The van der Waals surface area contributed by atoms with Gasteiger partial charge in [-0.1, -0.05) is 41.0 Å². The molecule has 1 N–H and O–H groups in total. The molecule has 146 valence electrons. The van der Waals surface area contributed by atoms with Gasteiger partial charge in [-0.3, -0.25) is 10.1 Å². The Bertz CT molecular complexity index is 1080. The maximum Gasteiger partial charge on any atom is 0.322 e. The van der Waals surface area contributed by atoms with Crippen LogP contribution in [0.5, 0.6) is 0 Å². The summed E-state index contributed by atoms with van der Waals surface area (Å²) in [4.78, 5) is 12.3. The van der Waals surface area contributed by atoms with E-state index in [-0.39, 0.29) is 35.4 Å². The zero-order valence-corrected chi connectivity index (χ0v) is 16.5. The maximum atomic E-state index is 12.2. The number of hydrogen-bond donors (Lipinski definition) is 1. The van der Waals surface area contributed by atoms with Gasteiger partial charge in [0.1, 0.15) is 0 Å². The van der Waals surface area contributed by atoms with Crippen LogP contribution in [-0.4, -0.2) is 30.3 Å². The topological polar surface area (TPSA) is 102 Å². The zero-order chi connectivity index (χ0) is 20.1. The SMILES string of the molecule is Cc1ccc(-c2nnc(NC(=O)CCCS(=O)(=O)c3ccccc3)o2)c(C)c1. The highest BCUT2D eigenvalue weighted by Gasteiger charge is 2.16. The molecule has 1 aromatic heterocycles. The second-order valence-corrected chi connectivity index (χ2v) is 8.62. The first-order chi connectivity index (χ1) is 13.3. The molecule has 1 heterocycles. The quantitative estimate of drug-likeness (QED) is 0.652. The maximum absolute atomic E-state index is 12.2. The van der Waals surface area contributed by atoms with Crippen molar-refractivity contribution < 1.29 is 17.6 Å². The number of rotatable bonds is 7. The Balaban J connectivity index is 1.55. The molecule has 0 bridgehead atoms. The molecular formula is C20H21N3O4S. The molecule has 0 unspecified atom stereocenters. The van der Waals surface area contributed by atoms with Gasteiger partial charge in [-0.2, -0.15) is 0 Å². The molecule has 0 aliphatic rings. The van der Waals surface area contributed by atoms with Gasteiger partial charge in [-0.25, -0.2) is 8.42 Å². The van der Waals surface area contributed by atoms with E-state index in [1.807, 2.05) is 32.0 Å². The van der Waals surface area contributed by atoms with E-state index in [1.54, 1.807) is 30.3 Å². The number of carbonyl (C=O) groups is 1. The highest BCUT2D eigenvalue weighted by Crippen LogP contribution is 2.24. The molecule has 7 nitrogen and oxygen atoms in total. The molecular weight excluding hydrogens is 378 g/mol. The van der Waals surface area contributed by atoms with Crippen molar-refractivity contribution in [3.63, 3.8) is 0 Å². The fourth-order valence-corrected chi connectivity index (χ4v) is 4.12. The van der Waals surface area contributed by atoms with E-state index in [2.05, 4.69) is 15.5 Å². The Morgan fingerprint density at radius 1 is 1.07 bits per heavy atom. The van der Waals surface area contributed by atoms with Crippen LogP contribution in [0.25, 0.3) is 11.5 Å². The largest absolute Gasteiger partial charge is 0.403 e. The van der Waals surface area contributed by atoms with Crippen molar-refractivity contribution in [2.75, 3.05) is 11.1 Å². The average molecular weight is 399 g/mol. The highest BCUT2D eigenvalue weighted by atomic mass is 32.2. The lowest BCUT2D eigenvalue weighted by atomic mass is 10.1. The highest BCUT2D eigenvalue weighted by molar-refractivity contribution is 7.91. The number of carbonyl (C=O) groups excluding carboxylic acids is 1. The Hall–Kier alpha value is -3.00. The van der Waals surface area contributed by atoms with Crippen LogP contribution in [0.4, 0.5) is 6.01 Å². The van der Waals surface area contributed by atoms with Crippen LogP contribution in [0.2, 0.25) is 0 Å². The van der Waals surface area contributed by atoms with Crippen molar-refractivity contribution in [3.8, 4) is 11.5 Å². The van der Waals surface area contributed by atoms with Crippen molar-refractivity contribution in [1.82, 2.24) is 10.2 Å². The van der Waals surface area contributed by atoms with Crippen molar-refractivity contribution in [2.45, 2.75) is 31.6 Å². The molecule has 3 rings (SSSR count). The van der Waals surface area contributed by atoms with E-state index >= 15 is 0 Å². The third-order valence-corrected chi connectivity index (χ3v) is 6.02. The van der Waals surface area contributed by atoms with Gasteiger partial charge in [0.15, 0.2) is 9.84 Å². The molecule has 28 heavy (non-hydrogen) atoms. The molecule has 0 radical (unpaired) electrons. The number of aryl methyl sites for hydroxylation is 2. The molecule has 0 saturated carbocycles. The van der Waals surface area contributed by atoms with Crippen molar-refractivity contribution >= 4 is 21.8 Å². The van der Waals surface area contributed by atoms with Gasteiger partial charge in [-0.05, 0) is 44.0 Å². The first-order valence-corrected chi connectivity index (χ1v) is 10.5. The Morgan fingerprint density at radius 2 is 1.82 bits per heavy atom. The molecule has 0 fully saturated rings. The van der Waals surface area contributed by atoms with Gasteiger partial charge >= 0.3 is 6.01 Å². The smallest absolute Gasteiger partial charge is 0.322 e. The van der Waals surface area contributed by atoms with E-state index in [1.165, 1.54) is 0 Å². The number of nitrogens with zero attached hydrogens (tertiary/aromatic N) is 2. The predicted octanol–water partition coefficient (Wildman–Crippen LogP) is 3.55. The van der Waals surface area contributed by atoms with Crippen LogP contribution in [0.15, 0.2) is 57.8 Å². The van der Waals surface area contributed by atoms with Crippen LogP contribution in [0.1, 0.15) is 24.0 Å². The van der Waals surface area contributed by atoms with Crippen molar-refractivity contribution in [3.05, 3.63) is 59.7 Å². The third-order valence-electron chi connectivity index (χ3n) is 4.20. The van der Waals surface area contributed by atoms with Crippen LogP contribution >= 0.6 is 0 Å². The van der Waals surface area contributed by atoms with E-state index in [0.717, 1.165) is 16.7 Å². The standard InChI is InChI=1S/C20H21N3O4S/c1-14-10-11-17(15(2)13-14)19-22-23-20(27-19)21-18(24)9-6-12-28(25,26)16-7-4-3-5-8-16/h3-5,7-8,10-11,13H,6,9,12H2,1-2H3,(H,21,23,24). The van der Waals surface area contributed by atoms with Gasteiger partial charge in [0.25, 0.3) is 0 Å². The predicted molar refractivity (Wildman–Crippen MR) is 106 cm³/mol. The van der Waals surface area contributed by atoms with Crippen LogP contribution in [0, 0.1) is 13.8 Å². The molecule has 0 aliphatic heterocycles. The number of aromatic nitrogens is 2.